The average Bonchev–Trinajstić information content (AvgIpc) is 2.29. The quantitative estimate of drug-likeness (QED) is 0.612. The monoisotopic (exact) mass is 239 g/mol. The van der Waals surface area contributed by atoms with E-state index in [0.717, 1.165) is 24.2 Å². The Bertz CT molecular complexity index is 366. The molecule has 0 atom stereocenters. The van der Waals surface area contributed by atoms with Gasteiger partial charge < -0.3 is 15.2 Å². The molecule has 0 aliphatic carbocycles. The molecule has 0 bridgehead atoms. The molecule has 16 heavy (non-hydrogen) atoms. The van der Waals surface area contributed by atoms with Gasteiger partial charge in [-0.05, 0) is 24.6 Å². The first-order chi connectivity index (χ1) is 7.69. The summed E-state index contributed by atoms with van der Waals surface area (Å²) in [7, 11) is 1.60. The Hall–Kier alpha value is -1.29. The van der Waals surface area contributed by atoms with Gasteiger partial charge in [0.15, 0.2) is 11.5 Å². The predicted molar refractivity (Wildman–Crippen MR) is 69.3 cm³/mol. The summed E-state index contributed by atoms with van der Waals surface area (Å²) in [6.45, 7) is 2.82. The zero-order valence-corrected chi connectivity index (χ0v) is 10.5. The first-order valence-electron chi connectivity index (χ1n) is 5.29. The van der Waals surface area contributed by atoms with Crippen molar-refractivity contribution in [1.82, 2.24) is 0 Å². The molecule has 3 nitrogen and oxygen atoms in total. The molecule has 88 valence electrons. The van der Waals surface area contributed by atoms with Crippen LogP contribution < -0.4 is 15.2 Å². The number of unbranched alkanes of at least 4 members (excludes halogenated alkanes) is 1. The second kappa shape index (κ2) is 6.33. The molecular weight excluding hydrogens is 222 g/mol. The molecule has 0 aliphatic heterocycles. The number of methoxy groups -OCH3 is 1. The second-order valence-electron chi connectivity index (χ2n) is 3.43. The van der Waals surface area contributed by atoms with Gasteiger partial charge in [0.25, 0.3) is 0 Å². The van der Waals surface area contributed by atoms with Crippen molar-refractivity contribution in [2.75, 3.05) is 13.7 Å². The van der Waals surface area contributed by atoms with Crippen LogP contribution in [0.1, 0.15) is 25.3 Å². The highest BCUT2D eigenvalue weighted by Gasteiger charge is 2.06. The summed E-state index contributed by atoms with van der Waals surface area (Å²) >= 11 is 4.90. The molecule has 1 aromatic carbocycles. The van der Waals surface area contributed by atoms with Gasteiger partial charge in [-0.2, -0.15) is 0 Å². The first-order valence-corrected chi connectivity index (χ1v) is 5.70. The van der Waals surface area contributed by atoms with E-state index in [4.69, 9.17) is 27.4 Å². The van der Waals surface area contributed by atoms with E-state index in [1.54, 1.807) is 13.2 Å². The van der Waals surface area contributed by atoms with Gasteiger partial charge in [-0.25, -0.2) is 0 Å². The summed E-state index contributed by atoms with van der Waals surface area (Å²) in [4.78, 5) is 0.360. The van der Waals surface area contributed by atoms with Crippen LogP contribution in [0.2, 0.25) is 0 Å². The zero-order chi connectivity index (χ0) is 12.0. The molecule has 2 N–H and O–H groups in total. The van der Waals surface area contributed by atoms with Crippen molar-refractivity contribution < 1.29 is 9.47 Å². The highest BCUT2D eigenvalue weighted by molar-refractivity contribution is 7.80. The maximum atomic E-state index is 5.59. The molecule has 0 spiro atoms. The summed E-state index contributed by atoms with van der Waals surface area (Å²) < 4.78 is 10.8. The van der Waals surface area contributed by atoms with Gasteiger partial charge in [0.05, 0.1) is 13.7 Å². The van der Waals surface area contributed by atoms with E-state index in [-0.39, 0.29) is 0 Å². The van der Waals surface area contributed by atoms with Gasteiger partial charge in [-0.3, -0.25) is 0 Å². The highest BCUT2D eigenvalue weighted by Crippen LogP contribution is 2.28. The molecule has 1 rings (SSSR count). The Balaban J connectivity index is 2.80. The number of hydrogen-bond acceptors (Lipinski definition) is 3. The molecule has 0 fully saturated rings. The van der Waals surface area contributed by atoms with E-state index in [1.165, 1.54) is 0 Å². The second-order valence-corrected chi connectivity index (χ2v) is 3.87. The van der Waals surface area contributed by atoms with E-state index in [9.17, 15) is 0 Å². The van der Waals surface area contributed by atoms with E-state index in [2.05, 4.69) is 6.92 Å². The molecule has 0 unspecified atom stereocenters. The Morgan fingerprint density at radius 3 is 2.69 bits per heavy atom. The van der Waals surface area contributed by atoms with Gasteiger partial charge in [0, 0.05) is 5.56 Å². The average molecular weight is 239 g/mol. The van der Waals surface area contributed by atoms with E-state index in [0.29, 0.717) is 17.3 Å². The lowest BCUT2D eigenvalue weighted by Crippen LogP contribution is -2.09. The molecule has 0 amide bonds. The molecule has 0 radical (unpaired) electrons. The lowest BCUT2D eigenvalue weighted by molar-refractivity contribution is 0.288. The molecule has 4 heteroatoms. The molecular formula is C12H17NO2S. The Kier molecular flexibility index (Phi) is 5.05. The Morgan fingerprint density at radius 2 is 2.12 bits per heavy atom. The van der Waals surface area contributed by atoms with Crippen LogP contribution in [0, 0.1) is 0 Å². The molecule has 0 saturated heterocycles. The van der Waals surface area contributed by atoms with Crippen LogP contribution in [0.3, 0.4) is 0 Å². The first kappa shape index (κ1) is 12.8. The van der Waals surface area contributed by atoms with Gasteiger partial charge in [0.1, 0.15) is 4.99 Å². The number of rotatable bonds is 6. The van der Waals surface area contributed by atoms with E-state index in [1.807, 2.05) is 12.1 Å². The lowest BCUT2D eigenvalue weighted by atomic mass is 10.2. The van der Waals surface area contributed by atoms with Crippen LogP contribution in [0.4, 0.5) is 0 Å². The fraction of sp³-hybridized carbons (Fsp3) is 0.417. The third-order valence-electron chi connectivity index (χ3n) is 2.20. The summed E-state index contributed by atoms with van der Waals surface area (Å²) in [5.41, 5.74) is 6.33. The van der Waals surface area contributed by atoms with Crippen molar-refractivity contribution in [3.8, 4) is 11.5 Å². The van der Waals surface area contributed by atoms with Gasteiger partial charge in [-0.1, -0.05) is 25.6 Å². The van der Waals surface area contributed by atoms with Crippen molar-refractivity contribution in [1.29, 1.82) is 0 Å². The van der Waals surface area contributed by atoms with Crippen molar-refractivity contribution in [2.45, 2.75) is 19.8 Å². The van der Waals surface area contributed by atoms with Crippen LogP contribution in [0.15, 0.2) is 18.2 Å². The Labute approximate surface area is 102 Å². The summed E-state index contributed by atoms with van der Waals surface area (Å²) in [5.74, 6) is 1.40. The fourth-order valence-electron chi connectivity index (χ4n) is 1.27. The number of hydrogen-bond donors (Lipinski definition) is 1. The third kappa shape index (κ3) is 3.38. The number of benzene rings is 1. The maximum Gasteiger partial charge on any atom is 0.161 e. The van der Waals surface area contributed by atoms with Crippen molar-refractivity contribution >= 4 is 17.2 Å². The van der Waals surface area contributed by atoms with Crippen molar-refractivity contribution in [2.24, 2.45) is 5.73 Å². The van der Waals surface area contributed by atoms with Crippen LogP contribution in [-0.4, -0.2) is 18.7 Å². The standard InChI is InChI=1S/C12H17NO2S/c1-3-4-7-15-10-6-5-9(12(13)16)8-11(10)14-2/h5-6,8H,3-4,7H2,1-2H3,(H2,13,16). The molecule has 0 heterocycles. The summed E-state index contributed by atoms with van der Waals surface area (Å²) in [6.07, 6.45) is 2.13. The highest BCUT2D eigenvalue weighted by atomic mass is 32.1. The zero-order valence-electron chi connectivity index (χ0n) is 9.66. The normalized spacial score (nSPS) is 9.88. The molecule has 0 aliphatic rings. The minimum Gasteiger partial charge on any atom is -0.493 e. The van der Waals surface area contributed by atoms with Crippen molar-refractivity contribution in [3.05, 3.63) is 23.8 Å². The predicted octanol–water partition coefficient (Wildman–Crippen LogP) is 2.51. The third-order valence-corrected chi connectivity index (χ3v) is 2.44. The van der Waals surface area contributed by atoms with E-state index < -0.39 is 0 Å². The fourth-order valence-corrected chi connectivity index (χ4v) is 1.39. The van der Waals surface area contributed by atoms with Crippen LogP contribution in [0.5, 0.6) is 11.5 Å². The molecule has 0 aromatic heterocycles. The lowest BCUT2D eigenvalue weighted by Gasteiger charge is -2.11. The van der Waals surface area contributed by atoms with Crippen LogP contribution >= 0.6 is 12.2 Å². The molecule has 0 saturated carbocycles. The minimum absolute atomic E-state index is 0.360. The molecule has 1 aromatic rings. The van der Waals surface area contributed by atoms with E-state index >= 15 is 0 Å². The van der Waals surface area contributed by atoms with Gasteiger partial charge >= 0.3 is 0 Å². The van der Waals surface area contributed by atoms with Crippen molar-refractivity contribution in [3.63, 3.8) is 0 Å². The minimum atomic E-state index is 0.360. The van der Waals surface area contributed by atoms with Crippen LogP contribution in [-0.2, 0) is 0 Å². The largest absolute Gasteiger partial charge is 0.493 e. The van der Waals surface area contributed by atoms with Gasteiger partial charge in [-0.15, -0.1) is 0 Å². The van der Waals surface area contributed by atoms with Crippen LogP contribution in [0.25, 0.3) is 0 Å². The number of ether oxygens (including phenoxy) is 2. The number of nitrogens with two attached hydrogens (primary N) is 1. The topological polar surface area (TPSA) is 44.5 Å². The SMILES string of the molecule is CCCCOc1ccc(C(N)=S)cc1OC. The number of thiocarbonyl (C=S) groups is 1. The summed E-state index contributed by atoms with van der Waals surface area (Å²) in [5, 5.41) is 0. The van der Waals surface area contributed by atoms with Gasteiger partial charge in [0.2, 0.25) is 0 Å². The smallest absolute Gasteiger partial charge is 0.161 e. The summed E-state index contributed by atoms with van der Waals surface area (Å²) in [6, 6.07) is 5.47. The Morgan fingerprint density at radius 1 is 1.38 bits per heavy atom. The maximum absolute atomic E-state index is 5.59.